The van der Waals surface area contributed by atoms with E-state index < -0.39 is 10.1 Å². The first-order chi connectivity index (χ1) is 11.4. The highest BCUT2D eigenvalue weighted by molar-refractivity contribution is 7.87. The molecule has 0 spiro atoms. The molecule has 1 aliphatic heterocycles. The Balaban J connectivity index is 1.81. The molecule has 1 fully saturated rings. The number of benzene rings is 1. The van der Waals surface area contributed by atoms with Gasteiger partial charge in [0.15, 0.2) is 5.75 Å². The van der Waals surface area contributed by atoms with E-state index in [1.807, 2.05) is 0 Å². The molecule has 1 N–H and O–H groups in total. The van der Waals surface area contributed by atoms with Gasteiger partial charge in [-0.3, -0.25) is 4.79 Å². The second kappa shape index (κ2) is 6.66. The standard InChI is InChI=1S/C15H14Cl2N2O4S/c16-10-3-4-14(12(17)7-10)23-24(21,22)11-8-13(18-9-11)15(20)19-5-1-2-6-19/h3-4,7-9,18H,1-2,5-6H2. The minimum absolute atomic E-state index is 0.0327. The Hall–Kier alpha value is -1.70. The summed E-state index contributed by atoms with van der Waals surface area (Å²) in [5, 5.41) is 0.444. The second-order valence-corrected chi connectivity index (χ2v) is 7.75. The molecule has 1 aliphatic rings. The van der Waals surface area contributed by atoms with Crippen LogP contribution in [0.25, 0.3) is 0 Å². The quantitative estimate of drug-likeness (QED) is 0.814. The summed E-state index contributed by atoms with van der Waals surface area (Å²) in [5.74, 6) is -0.256. The first-order valence-corrected chi connectivity index (χ1v) is 9.40. The van der Waals surface area contributed by atoms with Gasteiger partial charge >= 0.3 is 10.1 Å². The van der Waals surface area contributed by atoms with Gasteiger partial charge in [-0.05, 0) is 37.1 Å². The van der Waals surface area contributed by atoms with E-state index >= 15 is 0 Å². The Bertz CT molecular complexity index is 873. The lowest BCUT2D eigenvalue weighted by Crippen LogP contribution is -2.27. The maximum atomic E-state index is 12.3. The Morgan fingerprint density at radius 3 is 2.54 bits per heavy atom. The zero-order chi connectivity index (χ0) is 17.3. The van der Waals surface area contributed by atoms with Gasteiger partial charge in [-0.25, -0.2) is 0 Å². The molecule has 2 heterocycles. The molecule has 24 heavy (non-hydrogen) atoms. The predicted molar refractivity (Wildman–Crippen MR) is 90.2 cm³/mol. The number of halogens is 2. The molecule has 2 aromatic rings. The molecular weight excluding hydrogens is 375 g/mol. The smallest absolute Gasteiger partial charge is 0.340 e. The molecule has 1 aromatic carbocycles. The summed E-state index contributed by atoms with van der Waals surface area (Å²) in [5.41, 5.74) is 0.210. The maximum absolute atomic E-state index is 12.3. The largest absolute Gasteiger partial charge is 0.377 e. The van der Waals surface area contributed by atoms with Gasteiger partial charge in [-0.1, -0.05) is 23.2 Å². The Kier molecular flexibility index (Phi) is 4.76. The molecule has 1 amide bonds. The van der Waals surface area contributed by atoms with Crippen molar-refractivity contribution in [3.05, 3.63) is 46.2 Å². The van der Waals surface area contributed by atoms with Crippen LogP contribution in [0.5, 0.6) is 5.75 Å². The van der Waals surface area contributed by atoms with Gasteiger partial charge in [0.05, 0.1) is 5.02 Å². The summed E-state index contributed by atoms with van der Waals surface area (Å²) in [6.45, 7) is 1.35. The Labute approximate surface area is 149 Å². The summed E-state index contributed by atoms with van der Waals surface area (Å²) in [6, 6.07) is 5.48. The lowest BCUT2D eigenvalue weighted by Gasteiger charge is -2.13. The fraction of sp³-hybridized carbons (Fsp3) is 0.267. The van der Waals surface area contributed by atoms with Crippen molar-refractivity contribution in [1.82, 2.24) is 9.88 Å². The van der Waals surface area contributed by atoms with Gasteiger partial charge in [0.25, 0.3) is 5.91 Å². The highest BCUT2D eigenvalue weighted by atomic mass is 35.5. The van der Waals surface area contributed by atoms with Crippen molar-refractivity contribution in [2.75, 3.05) is 13.1 Å². The van der Waals surface area contributed by atoms with Crippen LogP contribution in [-0.4, -0.2) is 37.3 Å². The van der Waals surface area contributed by atoms with Crippen molar-refractivity contribution in [1.29, 1.82) is 0 Å². The van der Waals surface area contributed by atoms with E-state index in [1.165, 1.54) is 30.5 Å². The van der Waals surface area contributed by atoms with Crippen molar-refractivity contribution < 1.29 is 17.4 Å². The monoisotopic (exact) mass is 388 g/mol. The molecule has 9 heteroatoms. The van der Waals surface area contributed by atoms with Crippen LogP contribution in [0.2, 0.25) is 10.0 Å². The second-order valence-electron chi connectivity index (χ2n) is 5.36. The van der Waals surface area contributed by atoms with Gasteiger partial charge in [0.1, 0.15) is 10.6 Å². The van der Waals surface area contributed by atoms with E-state index in [4.69, 9.17) is 27.4 Å². The highest BCUT2D eigenvalue weighted by Gasteiger charge is 2.25. The SMILES string of the molecule is O=C(c1cc(S(=O)(=O)Oc2ccc(Cl)cc2Cl)c[nH]1)N1CCCC1. The fourth-order valence-corrected chi connectivity index (χ4v) is 3.88. The normalized spacial score (nSPS) is 14.8. The average Bonchev–Trinajstić information content (AvgIpc) is 3.20. The molecule has 0 bridgehead atoms. The van der Waals surface area contributed by atoms with Gasteiger partial charge in [-0.2, -0.15) is 8.42 Å². The number of hydrogen-bond donors (Lipinski definition) is 1. The average molecular weight is 389 g/mol. The molecule has 6 nitrogen and oxygen atoms in total. The lowest BCUT2D eigenvalue weighted by atomic mass is 10.3. The number of hydrogen-bond acceptors (Lipinski definition) is 4. The van der Waals surface area contributed by atoms with Gasteiger partial charge in [0.2, 0.25) is 0 Å². The minimum atomic E-state index is -4.11. The van der Waals surface area contributed by atoms with Gasteiger partial charge < -0.3 is 14.1 Å². The van der Waals surface area contributed by atoms with Crippen molar-refractivity contribution in [2.24, 2.45) is 0 Å². The van der Waals surface area contributed by atoms with Crippen LogP contribution in [-0.2, 0) is 10.1 Å². The van der Waals surface area contributed by atoms with E-state index in [1.54, 1.807) is 4.90 Å². The summed E-state index contributed by atoms with van der Waals surface area (Å²) in [7, 11) is -4.11. The molecule has 0 unspecified atom stereocenters. The van der Waals surface area contributed by atoms with Crippen LogP contribution in [0.4, 0.5) is 0 Å². The molecule has 3 rings (SSSR count). The lowest BCUT2D eigenvalue weighted by molar-refractivity contribution is 0.0787. The van der Waals surface area contributed by atoms with E-state index in [-0.39, 0.29) is 27.3 Å². The van der Waals surface area contributed by atoms with Crippen LogP contribution in [0.3, 0.4) is 0 Å². The number of rotatable bonds is 4. The summed E-state index contributed by atoms with van der Waals surface area (Å²) in [4.78, 5) is 16.5. The third-order valence-corrected chi connectivity index (χ3v) is 5.40. The van der Waals surface area contributed by atoms with Crippen molar-refractivity contribution in [3.8, 4) is 5.75 Å². The topological polar surface area (TPSA) is 79.5 Å². The number of aromatic nitrogens is 1. The molecule has 128 valence electrons. The van der Waals surface area contributed by atoms with E-state index in [9.17, 15) is 13.2 Å². The highest BCUT2D eigenvalue weighted by Crippen LogP contribution is 2.30. The maximum Gasteiger partial charge on any atom is 0.340 e. The van der Waals surface area contributed by atoms with Crippen molar-refractivity contribution >= 4 is 39.2 Å². The van der Waals surface area contributed by atoms with Crippen molar-refractivity contribution in [3.63, 3.8) is 0 Å². The van der Waals surface area contributed by atoms with Gasteiger partial charge in [0, 0.05) is 24.3 Å². The number of likely N-dealkylation sites (tertiary alicyclic amines) is 1. The molecule has 0 saturated carbocycles. The van der Waals surface area contributed by atoms with Crippen LogP contribution in [0, 0.1) is 0 Å². The molecule has 0 atom stereocenters. The third-order valence-electron chi connectivity index (χ3n) is 3.66. The third kappa shape index (κ3) is 3.53. The number of aromatic amines is 1. The number of nitrogens with zero attached hydrogens (tertiary/aromatic N) is 1. The Morgan fingerprint density at radius 2 is 1.88 bits per heavy atom. The first kappa shape index (κ1) is 17.1. The van der Waals surface area contributed by atoms with Crippen molar-refractivity contribution in [2.45, 2.75) is 17.7 Å². The van der Waals surface area contributed by atoms with Crippen LogP contribution < -0.4 is 4.18 Å². The number of amides is 1. The number of H-pyrrole nitrogens is 1. The van der Waals surface area contributed by atoms with Gasteiger partial charge in [-0.15, -0.1) is 0 Å². The van der Waals surface area contributed by atoms with Crippen LogP contribution in [0.15, 0.2) is 35.4 Å². The number of carbonyl (C=O) groups excluding carboxylic acids is 1. The molecule has 1 saturated heterocycles. The summed E-state index contributed by atoms with van der Waals surface area (Å²) in [6.07, 6.45) is 3.13. The molecule has 1 aromatic heterocycles. The van der Waals surface area contributed by atoms with E-state index in [0.29, 0.717) is 18.1 Å². The van der Waals surface area contributed by atoms with E-state index in [2.05, 4.69) is 4.98 Å². The van der Waals surface area contributed by atoms with Crippen LogP contribution in [0.1, 0.15) is 23.3 Å². The zero-order valence-corrected chi connectivity index (χ0v) is 14.8. The Morgan fingerprint density at radius 1 is 1.17 bits per heavy atom. The van der Waals surface area contributed by atoms with Crippen LogP contribution >= 0.6 is 23.2 Å². The number of carbonyl (C=O) groups is 1. The van der Waals surface area contributed by atoms with E-state index in [0.717, 1.165) is 12.8 Å². The molecule has 0 radical (unpaired) electrons. The first-order valence-electron chi connectivity index (χ1n) is 7.24. The molecule has 0 aliphatic carbocycles. The fourth-order valence-electron chi connectivity index (χ4n) is 2.44. The summed E-state index contributed by atoms with van der Waals surface area (Å²) >= 11 is 11.7. The number of nitrogens with one attached hydrogen (secondary N) is 1. The summed E-state index contributed by atoms with van der Waals surface area (Å²) < 4.78 is 29.7. The molecular formula is C15H14Cl2N2O4S. The minimum Gasteiger partial charge on any atom is -0.377 e. The zero-order valence-electron chi connectivity index (χ0n) is 12.5. The predicted octanol–water partition coefficient (Wildman–Crippen LogP) is 3.33.